The first kappa shape index (κ1) is 6.99. The normalized spacial score (nSPS) is 35.3. The highest BCUT2D eigenvalue weighted by atomic mass is 16.5. The fraction of sp³-hybridized carbons (Fsp3) is 1.00. The number of hydrogen-bond donors (Lipinski definition) is 3. The van der Waals surface area contributed by atoms with Crippen molar-refractivity contribution in [3.05, 3.63) is 0 Å². The van der Waals surface area contributed by atoms with Crippen molar-refractivity contribution in [3.8, 4) is 0 Å². The molecule has 0 unspecified atom stereocenters. The number of aliphatic hydroxyl groups excluding tert-OH is 1. The molecule has 1 aliphatic carbocycles. The second kappa shape index (κ2) is 3.15. The third-order valence-electron chi connectivity index (χ3n) is 1.98. The highest BCUT2D eigenvalue weighted by molar-refractivity contribution is 4.77. The largest absolute Gasteiger partial charge is 0.396 e. The quantitative estimate of drug-likeness (QED) is 0.467. The summed E-state index contributed by atoms with van der Waals surface area (Å²) in [6.07, 6.45) is 2.93. The molecule has 3 heteroatoms. The van der Waals surface area contributed by atoms with Crippen LogP contribution in [0.5, 0.6) is 0 Å². The van der Waals surface area contributed by atoms with Crippen molar-refractivity contribution in [2.75, 3.05) is 6.61 Å². The Morgan fingerprint density at radius 3 is 2.56 bits per heavy atom. The van der Waals surface area contributed by atoms with Gasteiger partial charge in [-0.1, -0.05) is 0 Å². The molecule has 0 aromatic carbocycles. The van der Waals surface area contributed by atoms with E-state index in [2.05, 4.69) is 5.48 Å². The van der Waals surface area contributed by atoms with Gasteiger partial charge in [0.2, 0.25) is 0 Å². The fourth-order valence-electron chi connectivity index (χ4n) is 1.36. The van der Waals surface area contributed by atoms with Crippen LogP contribution in [0.3, 0.4) is 0 Å². The lowest BCUT2D eigenvalue weighted by Crippen LogP contribution is -2.22. The SMILES string of the molecule is OC[C@@H]1CC[C@@H](NO)C1. The van der Waals surface area contributed by atoms with E-state index in [1.807, 2.05) is 0 Å². The van der Waals surface area contributed by atoms with E-state index < -0.39 is 0 Å². The summed E-state index contributed by atoms with van der Waals surface area (Å²) >= 11 is 0. The monoisotopic (exact) mass is 131 g/mol. The number of nitrogens with one attached hydrogen (secondary N) is 1. The molecule has 0 radical (unpaired) electrons. The van der Waals surface area contributed by atoms with E-state index in [4.69, 9.17) is 10.3 Å². The zero-order valence-electron chi connectivity index (χ0n) is 5.38. The van der Waals surface area contributed by atoms with Gasteiger partial charge in [0.05, 0.1) is 0 Å². The minimum absolute atomic E-state index is 0.224. The lowest BCUT2D eigenvalue weighted by atomic mass is 10.1. The summed E-state index contributed by atoms with van der Waals surface area (Å²) in [5.74, 6) is 0.412. The van der Waals surface area contributed by atoms with E-state index in [1.165, 1.54) is 0 Å². The predicted octanol–water partition coefficient (Wildman–Crippen LogP) is 0.126. The molecule has 0 aromatic heterocycles. The van der Waals surface area contributed by atoms with Gasteiger partial charge in [0.15, 0.2) is 0 Å². The summed E-state index contributed by atoms with van der Waals surface area (Å²) in [4.78, 5) is 0. The topological polar surface area (TPSA) is 52.5 Å². The van der Waals surface area contributed by atoms with E-state index in [0.29, 0.717) is 5.92 Å². The molecule has 0 heterocycles. The molecule has 1 saturated carbocycles. The number of aliphatic hydroxyl groups is 1. The van der Waals surface area contributed by atoms with E-state index in [9.17, 15) is 0 Å². The van der Waals surface area contributed by atoms with Crippen LogP contribution in [0.4, 0.5) is 0 Å². The minimum Gasteiger partial charge on any atom is -0.396 e. The molecule has 54 valence electrons. The van der Waals surface area contributed by atoms with Crippen molar-refractivity contribution in [2.45, 2.75) is 25.3 Å². The molecule has 1 rings (SSSR count). The molecule has 0 spiro atoms. The minimum atomic E-state index is 0.224. The van der Waals surface area contributed by atoms with Gasteiger partial charge in [-0.15, -0.1) is 0 Å². The van der Waals surface area contributed by atoms with Crippen LogP contribution in [0.25, 0.3) is 0 Å². The first-order valence-corrected chi connectivity index (χ1v) is 3.37. The van der Waals surface area contributed by atoms with Gasteiger partial charge < -0.3 is 10.3 Å². The maximum atomic E-state index is 8.67. The average molecular weight is 131 g/mol. The predicted molar refractivity (Wildman–Crippen MR) is 33.1 cm³/mol. The van der Waals surface area contributed by atoms with E-state index in [-0.39, 0.29) is 12.6 Å². The Kier molecular flexibility index (Phi) is 2.45. The molecule has 2 atom stereocenters. The van der Waals surface area contributed by atoms with Gasteiger partial charge in [0.25, 0.3) is 0 Å². The Morgan fingerprint density at radius 1 is 1.44 bits per heavy atom. The van der Waals surface area contributed by atoms with Gasteiger partial charge >= 0.3 is 0 Å². The Labute approximate surface area is 54.7 Å². The summed E-state index contributed by atoms with van der Waals surface area (Å²) in [5, 5.41) is 17.1. The second-order valence-corrected chi connectivity index (χ2v) is 2.69. The second-order valence-electron chi connectivity index (χ2n) is 2.69. The molecule has 0 aromatic rings. The molecule has 9 heavy (non-hydrogen) atoms. The van der Waals surface area contributed by atoms with Crippen LogP contribution in [0.1, 0.15) is 19.3 Å². The van der Waals surface area contributed by atoms with Crippen molar-refractivity contribution in [3.63, 3.8) is 0 Å². The molecular weight excluding hydrogens is 118 g/mol. The summed E-state index contributed by atoms with van der Waals surface area (Å²) in [7, 11) is 0. The molecular formula is C6H13NO2. The summed E-state index contributed by atoms with van der Waals surface area (Å²) < 4.78 is 0. The van der Waals surface area contributed by atoms with Crippen molar-refractivity contribution < 1.29 is 10.3 Å². The molecule has 3 N–H and O–H groups in total. The van der Waals surface area contributed by atoms with Crippen molar-refractivity contribution in [1.82, 2.24) is 5.48 Å². The molecule has 0 saturated heterocycles. The van der Waals surface area contributed by atoms with Crippen LogP contribution in [0.2, 0.25) is 0 Å². The van der Waals surface area contributed by atoms with Crippen LogP contribution in [-0.4, -0.2) is 23.0 Å². The van der Waals surface area contributed by atoms with Gasteiger partial charge in [-0.2, -0.15) is 0 Å². The lowest BCUT2D eigenvalue weighted by Gasteiger charge is -2.05. The number of hydroxylamine groups is 1. The van der Waals surface area contributed by atoms with Gasteiger partial charge in [-0.25, -0.2) is 5.48 Å². The van der Waals surface area contributed by atoms with Crippen LogP contribution in [0, 0.1) is 5.92 Å². The van der Waals surface area contributed by atoms with Crippen LogP contribution < -0.4 is 5.48 Å². The third kappa shape index (κ3) is 1.64. The Morgan fingerprint density at radius 2 is 2.22 bits per heavy atom. The number of hydrogen-bond acceptors (Lipinski definition) is 3. The van der Waals surface area contributed by atoms with Gasteiger partial charge in [0, 0.05) is 12.6 Å². The summed E-state index contributed by atoms with van der Waals surface area (Å²) in [5.41, 5.74) is 2.22. The van der Waals surface area contributed by atoms with Gasteiger partial charge in [-0.05, 0) is 25.2 Å². The van der Waals surface area contributed by atoms with Gasteiger partial charge in [-0.3, -0.25) is 0 Å². The fourth-order valence-corrected chi connectivity index (χ4v) is 1.36. The maximum Gasteiger partial charge on any atom is 0.0459 e. The van der Waals surface area contributed by atoms with E-state index in [0.717, 1.165) is 19.3 Å². The zero-order chi connectivity index (χ0) is 6.69. The van der Waals surface area contributed by atoms with E-state index >= 15 is 0 Å². The number of rotatable bonds is 2. The third-order valence-corrected chi connectivity index (χ3v) is 1.98. The van der Waals surface area contributed by atoms with Crippen molar-refractivity contribution in [1.29, 1.82) is 0 Å². The highest BCUT2D eigenvalue weighted by Crippen LogP contribution is 2.24. The Hall–Kier alpha value is -0.120. The Balaban J connectivity index is 2.20. The highest BCUT2D eigenvalue weighted by Gasteiger charge is 2.22. The van der Waals surface area contributed by atoms with Crippen molar-refractivity contribution in [2.24, 2.45) is 5.92 Å². The first-order chi connectivity index (χ1) is 4.36. The average Bonchev–Trinajstić information content (AvgIpc) is 2.34. The maximum absolute atomic E-state index is 8.67. The first-order valence-electron chi connectivity index (χ1n) is 3.37. The van der Waals surface area contributed by atoms with Crippen LogP contribution in [0.15, 0.2) is 0 Å². The molecule has 1 aliphatic rings. The Bertz CT molecular complexity index is 77.1. The molecule has 3 nitrogen and oxygen atoms in total. The summed E-state index contributed by atoms with van der Waals surface area (Å²) in [6.45, 7) is 0.262. The van der Waals surface area contributed by atoms with Crippen molar-refractivity contribution >= 4 is 0 Å². The lowest BCUT2D eigenvalue weighted by molar-refractivity contribution is 0.123. The summed E-state index contributed by atoms with van der Waals surface area (Å²) in [6, 6.07) is 0.224. The molecule has 0 aliphatic heterocycles. The zero-order valence-corrected chi connectivity index (χ0v) is 5.38. The molecule has 0 amide bonds. The smallest absolute Gasteiger partial charge is 0.0459 e. The van der Waals surface area contributed by atoms with E-state index in [1.54, 1.807) is 0 Å². The van der Waals surface area contributed by atoms with Crippen LogP contribution in [-0.2, 0) is 0 Å². The van der Waals surface area contributed by atoms with Crippen LogP contribution >= 0.6 is 0 Å². The van der Waals surface area contributed by atoms with Gasteiger partial charge in [0.1, 0.15) is 0 Å². The molecule has 0 bridgehead atoms. The molecule has 1 fully saturated rings. The standard InChI is InChI=1S/C6H13NO2/c8-4-5-1-2-6(3-5)7-9/h5-9H,1-4H2/t5-,6-/m1/s1.